The Bertz CT molecular complexity index is 1090. The van der Waals surface area contributed by atoms with Crippen molar-refractivity contribution in [2.24, 2.45) is 5.92 Å². The van der Waals surface area contributed by atoms with E-state index in [-0.39, 0.29) is 12.1 Å². The number of carbonyl (C=O) groups excluding carboxylic acids is 2. The maximum Gasteiger partial charge on any atom is 0.321 e. The highest BCUT2D eigenvalue weighted by molar-refractivity contribution is 7.22. The molecule has 7 nitrogen and oxygen atoms in total. The van der Waals surface area contributed by atoms with Gasteiger partial charge in [0.1, 0.15) is 11.2 Å². The van der Waals surface area contributed by atoms with E-state index in [1.807, 2.05) is 32.0 Å². The molecule has 0 radical (unpaired) electrons. The van der Waals surface area contributed by atoms with Gasteiger partial charge in [-0.3, -0.25) is 19.5 Å². The molecule has 0 atom stereocenters. The second kappa shape index (κ2) is 9.19. The minimum atomic E-state index is -0.579. The molecule has 2 aromatic heterocycles. The molecule has 0 spiro atoms. The van der Waals surface area contributed by atoms with Crippen LogP contribution in [0.5, 0.6) is 0 Å². The van der Waals surface area contributed by atoms with Crippen molar-refractivity contribution in [3.63, 3.8) is 0 Å². The van der Waals surface area contributed by atoms with Gasteiger partial charge in [0.2, 0.25) is 5.91 Å². The number of nitrogens with zero attached hydrogens (tertiary/aromatic N) is 2. The molecule has 0 fully saturated rings. The van der Waals surface area contributed by atoms with E-state index in [4.69, 9.17) is 11.6 Å². The predicted octanol–water partition coefficient (Wildman–Crippen LogP) is 3.65. The van der Waals surface area contributed by atoms with Gasteiger partial charge in [0.05, 0.1) is 11.8 Å². The van der Waals surface area contributed by atoms with Crippen molar-refractivity contribution < 1.29 is 9.59 Å². The fourth-order valence-electron chi connectivity index (χ4n) is 2.65. The van der Waals surface area contributed by atoms with Crippen LogP contribution in [-0.2, 0) is 11.3 Å². The van der Waals surface area contributed by atoms with Crippen LogP contribution in [-0.4, -0.2) is 28.0 Å². The molecule has 3 amide bonds. The lowest BCUT2D eigenvalue weighted by molar-refractivity contribution is -0.120. The van der Waals surface area contributed by atoms with Crippen molar-refractivity contribution in [2.75, 3.05) is 6.54 Å². The average molecular weight is 433 g/mol. The van der Waals surface area contributed by atoms with Gasteiger partial charge in [0, 0.05) is 16.4 Å². The first-order chi connectivity index (χ1) is 13.8. The number of rotatable bonds is 6. The van der Waals surface area contributed by atoms with Crippen molar-refractivity contribution in [3.8, 4) is 10.4 Å². The summed E-state index contributed by atoms with van der Waals surface area (Å²) >= 11 is 7.22. The lowest BCUT2D eigenvalue weighted by atomic mass is 10.1. The zero-order valence-corrected chi connectivity index (χ0v) is 17.6. The predicted molar refractivity (Wildman–Crippen MR) is 115 cm³/mol. The molecule has 3 rings (SSSR count). The fraction of sp³-hybridized carbons (Fsp3) is 0.300. The van der Waals surface area contributed by atoms with Gasteiger partial charge in [-0.2, -0.15) is 0 Å². The Hall–Kier alpha value is -2.71. The number of halogens is 1. The second-order valence-corrected chi connectivity index (χ2v) is 8.48. The Morgan fingerprint density at radius 3 is 2.66 bits per heavy atom. The van der Waals surface area contributed by atoms with E-state index >= 15 is 0 Å². The number of aromatic nitrogens is 2. The summed E-state index contributed by atoms with van der Waals surface area (Å²) in [5.74, 6) is -0.129. The van der Waals surface area contributed by atoms with Gasteiger partial charge in [-0.15, -0.1) is 11.3 Å². The van der Waals surface area contributed by atoms with Gasteiger partial charge in [-0.05, 0) is 36.1 Å². The number of urea groups is 1. The van der Waals surface area contributed by atoms with Gasteiger partial charge in [-0.1, -0.05) is 37.6 Å². The van der Waals surface area contributed by atoms with E-state index in [1.54, 1.807) is 12.1 Å². The summed E-state index contributed by atoms with van der Waals surface area (Å²) in [4.78, 5) is 41.7. The van der Waals surface area contributed by atoms with E-state index in [0.717, 1.165) is 16.9 Å². The van der Waals surface area contributed by atoms with Crippen LogP contribution in [0.25, 0.3) is 20.7 Å². The van der Waals surface area contributed by atoms with Crippen LogP contribution in [0.1, 0.15) is 20.3 Å². The Labute approximate surface area is 176 Å². The van der Waals surface area contributed by atoms with Crippen molar-refractivity contribution in [1.82, 2.24) is 20.2 Å². The number of imide groups is 1. The summed E-state index contributed by atoms with van der Waals surface area (Å²) in [5.41, 5.74) is 1.17. The first-order valence-electron chi connectivity index (χ1n) is 9.16. The minimum Gasteiger partial charge on any atom is -0.338 e. The maximum absolute atomic E-state index is 12.7. The summed E-state index contributed by atoms with van der Waals surface area (Å²) in [6.45, 7) is 4.28. The molecule has 3 aromatic rings. The number of thiophene rings is 1. The monoisotopic (exact) mass is 432 g/mol. The molecule has 0 saturated carbocycles. The largest absolute Gasteiger partial charge is 0.338 e. The van der Waals surface area contributed by atoms with Gasteiger partial charge in [-0.25, -0.2) is 9.78 Å². The molecule has 152 valence electrons. The minimum absolute atomic E-state index is 0.284. The SMILES string of the molecule is CC(C)CCNC(=O)NC(=O)Cn1cnc2cc(-c3ccc(Cl)cc3)sc2c1=O. The van der Waals surface area contributed by atoms with Crippen LogP contribution in [0.15, 0.2) is 41.5 Å². The third-order valence-corrected chi connectivity index (χ3v) is 5.62. The molecule has 0 unspecified atom stereocenters. The number of carbonyl (C=O) groups is 2. The first-order valence-corrected chi connectivity index (χ1v) is 10.4. The molecule has 0 saturated heterocycles. The van der Waals surface area contributed by atoms with Crippen LogP contribution >= 0.6 is 22.9 Å². The molecule has 1 aromatic carbocycles. The smallest absolute Gasteiger partial charge is 0.321 e. The maximum atomic E-state index is 12.7. The molecule has 0 aliphatic carbocycles. The number of amides is 3. The lowest BCUT2D eigenvalue weighted by Crippen LogP contribution is -2.42. The van der Waals surface area contributed by atoms with Gasteiger partial charge >= 0.3 is 6.03 Å². The van der Waals surface area contributed by atoms with E-state index in [9.17, 15) is 14.4 Å². The molecular formula is C20H21ClN4O3S. The van der Waals surface area contributed by atoms with Crippen LogP contribution in [0, 0.1) is 5.92 Å². The molecule has 0 bridgehead atoms. The van der Waals surface area contributed by atoms with Gasteiger partial charge in [0.25, 0.3) is 5.56 Å². The van der Waals surface area contributed by atoms with Crippen molar-refractivity contribution >= 4 is 45.1 Å². The Morgan fingerprint density at radius 2 is 1.97 bits per heavy atom. The highest BCUT2D eigenvalue weighted by Crippen LogP contribution is 2.31. The highest BCUT2D eigenvalue weighted by Gasteiger charge is 2.14. The fourth-order valence-corrected chi connectivity index (χ4v) is 3.84. The normalized spacial score (nSPS) is 11.0. The molecule has 2 heterocycles. The quantitative estimate of drug-likeness (QED) is 0.621. The van der Waals surface area contributed by atoms with Crippen LogP contribution in [0.2, 0.25) is 5.02 Å². The van der Waals surface area contributed by atoms with E-state index < -0.39 is 11.9 Å². The molecule has 29 heavy (non-hydrogen) atoms. The summed E-state index contributed by atoms with van der Waals surface area (Å²) in [7, 11) is 0. The Balaban J connectivity index is 1.71. The topological polar surface area (TPSA) is 93.1 Å². The molecular weight excluding hydrogens is 412 g/mol. The highest BCUT2D eigenvalue weighted by atomic mass is 35.5. The lowest BCUT2D eigenvalue weighted by Gasteiger charge is -2.09. The molecule has 9 heteroatoms. The first kappa shape index (κ1) is 21.0. The van der Waals surface area contributed by atoms with E-state index in [2.05, 4.69) is 15.6 Å². The number of benzene rings is 1. The van der Waals surface area contributed by atoms with Gasteiger partial charge in [0.15, 0.2) is 0 Å². The van der Waals surface area contributed by atoms with Crippen molar-refractivity contribution in [3.05, 3.63) is 52.0 Å². The average Bonchev–Trinajstić information content (AvgIpc) is 3.09. The zero-order chi connectivity index (χ0) is 21.0. The molecule has 2 N–H and O–H groups in total. The van der Waals surface area contributed by atoms with Crippen LogP contribution in [0.4, 0.5) is 4.79 Å². The van der Waals surface area contributed by atoms with Crippen LogP contribution < -0.4 is 16.2 Å². The van der Waals surface area contributed by atoms with Crippen molar-refractivity contribution in [2.45, 2.75) is 26.8 Å². The van der Waals surface area contributed by atoms with E-state index in [1.165, 1.54) is 22.2 Å². The molecule has 0 aliphatic heterocycles. The zero-order valence-electron chi connectivity index (χ0n) is 16.1. The van der Waals surface area contributed by atoms with Crippen LogP contribution in [0.3, 0.4) is 0 Å². The number of hydrogen-bond acceptors (Lipinski definition) is 5. The van der Waals surface area contributed by atoms with Gasteiger partial charge < -0.3 is 5.32 Å². The second-order valence-electron chi connectivity index (χ2n) is 7.00. The third-order valence-electron chi connectivity index (χ3n) is 4.21. The summed E-state index contributed by atoms with van der Waals surface area (Å²) < 4.78 is 1.65. The number of hydrogen-bond donors (Lipinski definition) is 2. The summed E-state index contributed by atoms with van der Waals surface area (Å²) in [5, 5.41) is 5.48. The standard InChI is InChI=1S/C20H21ClN4O3S/c1-12(2)7-8-22-20(28)24-17(26)10-25-11-23-15-9-16(29-18(15)19(25)27)13-3-5-14(21)6-4-13/h3-6,9,11-12H,7-8,10H2,1-2H3,(H2,22,24,26,28). The number of fused-ring (bicyclic) bond motifs is 1. The van der Waals surface area contributed by atoms with E-state index in [0.29, 0.717) is 27.7 Å². The molecule has 0 aliphatic rings. The Kier molecular flexibility index (Phi) is 6.66. The third kappa shape index (κ3) is 5.42. The Morgan fingerprint density at radius 1 is 1.24 bits per heavy atom. The van der Waals surface area contributed by atoms with Crippen molar-refractivity contribution in [1.29, 1.82) is 0 Å². The summed E-state index contributed by atoms with van der Waals surface area (Å²) in [6.07, 6.45) is 2.13. The number of nitrogens with one attached hydrogen (secondary N) is 2. The summed E-state index contributed by atoms with van der Waals surface area (Å²) in [6, 6.07) is 8.57.